The van der Waals surface area contributed by atoms with Gasteiger partial charge in [-0.15, -0.1) is 0 Å². The van der Waals surface area contributed by atoms with E-state index in [1.807, 2.05) is 0 Å². The van der Waals surface area contributed by atoms with Gasteiger partial charge in [0, 0.05) is 0 Å². The van der Waals surface area contributed by atoms with Crippen molar-refractivity contribution in [3.05, 3.63) is 35.4 Å². The van der Waals surface area contributed by atoms with E-state index in [1.165, 1.54) is 11.1 Å². The SMILES string of the molecule is CC(C)(C)c1ccc(C2(C)CN=C(N)N2)cc1. The Labute approximate surface area is 103 Å². The molecule has 0 saturated heterocycles. The second-order valence-electron chi connectivity index (χ2n) is 5.99. The summed E-state index contributed by atoms with van der Waals surface area (Å²) in [5, 5.41) is 3.23. The van der Waals surface area contributed by atoms with E-state index in [2.05, 4.69) is 62.3 Å². The molecule has 0 amide bonds. The van der Waals surface area contributed by atoms with Crippen molar-refractivity contribution in [2.45, 2.75) is 38.6 Å². The van der Waals surface area contributed by atoms with Crippen LogP contribution in [0.2, 0.25) is 0 Å². The number of rotatable bonds is 1. The van der Waals surface area contributed by atoms with Crippen molar-refractivity contribution in [2.75, 3.05) is 6.54 Å². The van der Waals surface area contributed by atoms with Crippen LogP contribution in [-0.4, -0.2) is 12.5 Å². The fourth-order valence-corrected chi connectivity index (χ4v) is 2.11. The summed E-state index contributed by atoms with van der Waals surface area (Å²) in [6, 6.07) is 8.72. The van der Waals surface area contributed by atoms with Crippen molar-refractivity contribution in [1.29, 1.82) is 0 Å². The Morgan fingerprint density at radius 3 is 2.24 bits per heavy atom. The molecule has 1 unspecified atom stereocenters. The molecular weight excluding hydrogens is 210 g/mol. The molecule has 3 N–H and O–H groups in total. The Balaban J connectivity index is 2.25. The minimum Gasteiger partial charge on any atom is -0.370 e. The van der Waals surface area contributed by atoms with Gasteiger partial charge >= 0.3 is 0 Å². The van der Waals surface area contributed by atoms with Crippen LogP contribution in [0.15, 0.2) is 29.3 Å². The Kier molecular flexibility index (Phi) is 2.64. The maximum absolute atomic E-state index is 5.69. The number of hydrogen-bond donors (Lipinski definition) is 2. The van der Waals surface area contributed by atoms with Crippen LogP contribution in [0.1, 0.15) is 38.8 Å². The number of nitrogens with zero attached hydrogens (tertiary/aromatic N) is 1. The first kappa shape index (κ1) is 12.0. The number of nitrogens with one attached hydrogen (secondary N) is 1. The summed E-state index contributed by atoms with van der Waals surface area (Å²) in [4.78, 5) is 4.22. The first-order valence-corrected chi connectivity index (χ1v) is 6.00. The molecule has 3 nitrogen and oxygen atoms in total. The maximum atomic E-state index is 5.69. The van der Waals surface area contributed by atoms with Crippen molar-refractivity contribution in [3.8, 4) is 0 Å². The van der Waals surface area contributed by atoms with Crippen LogP contribution in [-0.2, 0) is 11.0 Å². The van der Waals surface area contributed by atoms with E-state index in [4.69, 9.17) is 5.73 Å². The molecule has 0 fully saturated rings. The third-order valence-electron chi connectivity index (χ3n) is 3.36. The molecule has 1 aliphatic heterocycles. The molecule has 3 heteroatoms. The zero-order valence-electron chi connectivity index (χ0n) is 11.0. The molecule has 1 aliphatic rings. The van der Waals surface area contributed by atoms with Crippen LogP contribution in [0.5, 0.6) is 0 Å². The standard InChI is InChI=1S/C14H21N3/c1-13(2,3)10-5-7-11(8-6-10)14(4)9-16-12(15)17-14/h5-8H,9H2,1-4H3,(H3,15,16,17). The predicted octanol–water partition coefficient (Wildman–Crippen LogP) is 2.12. The lowest BCUT2D eigenvalue weighted by Crippen LogP contribution is -2.42. The monoisotopic (exact) mass is 231 g/mol. The van der Waals surface area contributed by atoms with Crippen molar-refractivity contribution < 1.29 is 0 Å². The molecule has 1 heterocycles. The lowest BCUT2D eigenvalue weighted by Gasteiger charge is -2.26. The normalized spacial score (nSPS) is 24.4. The van der Waals surface area contributed by atoms with Crippen molar-refractivity contribution >= 4 is 5.96 Å². The third kappa shape index (κ3) is 2.28. The van der Waals surface area contributed by atoms with Crippen LogP contribution in [0.25, 0.3) is 0 Å². The highest BCUT2D eigenvalue weighted by molar-refractivity contribution is 5.81. The van der Waals surface area contributed by atoms with Crippen molar-refractivity contribution in [1.82, 2.24) is 5.32 Å². The van der Waals surface area contributed by atoms with Gasteiger partial charge in [-0.1, -0.05) is 45.0 Å². The molecule has 1 aromatic rings. The van der Waals surface area contributed by atoms with Crippen LogP contribution in [0.3, 0.4) is 0 Å². The molecule has 0 aliphatic carbocycles. The van der Waals surface area contributed by atoms with Crippen LogP contribution in [0, 0.1) is 0 Å². The van der Waals surface area contributed by atoms with Crippen LogP contribution >= 0.6 is 0 Å². The number of aliphatic imine (C=N–C) groups is 1. The second kappa shape index (κ2) is 3.76. The van der Waals surface area contributed by atoms with Crippen molar-refractivity contribution in [2.24, 2.45) is 10.7 Å². The van der Waals surface area contributed by atoms with Gasteiger partial charge in [0.25, 0.3) is 0 Å². The molecule has 0 spiro atoms. The average molecular weight is 231 g/mol. The summed E-state index contributed by atoms with van der Waals surface area (Å²) in [7, 11) is 0. The molecule has 2 rings (SSSR count). The summed E-state index contributed by atoms with van der Waals surface area (Å²) >= 11 is 0. The smallest absolute Gasteiger partial charge is 0.189 e. The Morgan fingerprint density at radius 2 is 1.82 bits per heavy atom. The van der Waals surface area contributed by atoms with E-state index in [9.17, 15) is 0 Å². The minimum absolute atomic E-state index is 0.152. The number of guanidine groups is 1. The average Bonchev–Trinajstić information content (AvgIpc) is 2.59. The van der Waals surface area contributed by atoms with E-state index in [0.717, 1.165) is 0 Å². The largest absolute Gasteiger partial charge is 0.370 e. The quantitative estimate of drug-likeness (QED) is 0.778. The van der Waals surface area contributed by atoms with Crippen molar-refractivity contribution in [3.63, 3.8) is 0 Å². The highest BCUT2D eigenvalue weighted by atomic mass is 15.2. The zero-order chi connectivity index (χ0) is 12.7. The zero-order valence-corrected chi connectivity index (χ0v) is 11.0. The summed E-state index contributed by atoms with van der Waals surface area (Å²) in [6.45, 7) is 9.49. The van der Waals surface area contributed by atoms with E-state index < -0.39 is 0 Å². The molecule has 1 atom stereocenters. The predicted molar refractivity (Wildman–Crippen MR) is 72.1 cm³/mol. The molecule has 0 bridgehead atoms. The molecule has 92 valence electrons. The molecule has 0 saturated carbocycles. The number of benzene rings is 1. The van der Waals surface area contributed by atoms with Gasteiger partial charge in [-0.2, -0.15) is 0 Å². The lowest BCUT2D eigenvalue weighted by atomic mass is 9.84. The van der Waals surface area contributed by atoms with Gasteiger partial charge in [0.2, 0.25) is 0 Å². The van der Waals surface area contributed by atoms with E-state index in [0.29, 0.717) is 12.5 Å². The fraction of sp³-hybridized carbons (Fsp3) is 0.500. The van der Waals surface area contributed by atoms with E-state index >= 15 is 0 Å². The minimum atomic E-state index is -0.152. The van der Waals surface area contributed by atoms with Gasteiger partial charge in [0.05, 0.1) is 12.1 Å². The summed E-state index contributed by atoms with van der Waals surface area (Å²) in [5.41, 5.74) is 8.30. The van der Waals surface area contributed by atoms with E-state index in [1.54, 1.807) is 0 Å². The highest BCUT2D eigenvalue weighted by Gasteiger charge is 2.31. The first-order valence-electron chi connectivity index (χ1n) is 6.00. The highest BCUT2D eigenvalue weighted by Crippen LogP contribution is 2.27. The van der Waals surface area contributed by atoms with E-state index in [-0.39, 0.29) is 11.0 Å². The molecule has 0 radical (unpaired) electrons. The first-order chi connectivity index (χ1) is 7.81. The fourth-order valence-electron chi connectivity index (χ4n) is 2.11. The molecule has 0 aromatic heterocycles. The van der Waals surface area contributed by atoms with Gasteiger partial charge in [-0.25, -0.2) is 0 Å². The Bertz CT molecular complexity index is 440. The van der Waals surface area contributed by atoms with Crippen LogP contribution in [0.4, 0.5) is 0 Å². The topological polar surface area (TPSA) is 50.4 Å². The lowest BCUT2D eigenvalue weighted by molar-refractivity contribution is 0.479. The number of hydrogen-bond acceptors (Lipinski definition) is 3. The molecule has 17 heavy (non-hydrogen) atoms. The summed E-state index contributed by atoms with van der Waals surface area (Å²) < 4.78 is 0. The molecule has 1 aromatic carbocycles. The Morgan fingerprint density at radius 1 is 1.24 bits per heavy atom. The second-order valence-corrected chi connectivity index (χ2v) is 5.99. The maximum Gasteiger partial charge on any atom is 0.189 e. The number of nitrogens with two attached hydrogens (primary N) is 1. The van der Waals surface area contributed by atoms with Gasteiger partial charge in [0.1, 0.15) is 0 Å². The third-order valence-corrected chi connectivity index (χ3v) is 3.36. The van der Waals surface area contributed by atoms with Gasteiger partial charge in [-0.3, -0.25) is 4.99 Å². The van der Waals surface area contributed by atoms with Gasteiger partial charge in [0.15, 0.2) is 5.96 Å². The van der Waals surface area contributed by atoms with Crippen LogP contribution < -0.4 is 11.1 Å². The van der Waals surface area contributed by atoms with Gasteiger partial charge < -0.3 is 11.1 Å². The molecular formula is C14H21N3. The summed E-state index contributed by atoms with van der Waals surface area (Å²) in [5.74, 6) is 0.535. The summed E-state index contributed by atoms with van der Waals surface area (Å²) in [6.07, 6.45) is 0. The van der Waals surface area contributed by atoms with Gasteiger partial charge in [-0.05, 0) is 23.5 Å². The Hall–Kier alpha value is -1.51.